The summed E-state index contributed by atoms with van der Waals surface area (Å²) in [6.07, 6.45) is 7.33. The third-order valence-electron chi connectivity index (χ3n) is 4.32. The summed E-state index contributed by atoms with van der Waals surface area (Å²) < 4.78 is 13.6. The average Bonchev–Trinajstić information content (AvgIpc) is 2.64. The Balaban J connectivity index is 1.50. The van der Waals surface area contributed by atoms with E-state index in [0.29, 0.717) is 25.1 Å². The van der Waals surface area contributed by atoms with Gasteiger partial charge in [0.15, 0.2) is 0 Å². The molecule has 3 rings (SSSR count). The molecular weight excluding hydrogens is 307 g/mol. The Bertz CT molecular complexity index is 680. The van der Waals surface area contributed by atoms with Crippen molar-refractivity contribution in [2.75, 3.05) is 24.5 Å². The van der Waals surface area contributed by atoms with Gasteiger partial charge >= 0.3 is 0 Å². The van der Waals surface area contributed by atoms with E-state index in [-0.39, 0.29) is 17.6 Å². The second kappa shape index (κ2) is 7.86. The van der Waals surface area contributed by atoms with Gasteiger partial charge in [0.25, 0.3) is 0 Å². The van der Waals surface area contributed by atoms with Crippen molar-refractivity contribution in [3.63, 3.8) is 0 Å². The Labute approximate surface area is 140 Å². The first-order valence-corrected chi connectivity index (χ1v) is 8.26. The van der Waals surface area contributed by atoms with E-state index >= 15 is 0 Å². The van der Waals surface area contributed by atoms with Crippen LogP contribution >= 0.6 is 0 Å². The maximum atomic E-state index is 13.6. The number of benzene rings is 1. The summed E-state index contributed by atoms with van der Waals surface area (Å²) in [5.41, 5.74) is 0.627. The summed E-state index contributed by atoms with van der Waals surface area (Å²) >= 11 is 0. The fourth-order valence-corrected chi connectivity index (χ4v) is 3.02. The zero-order valence-corrected chi connectivity index (χ0v) is 13.5. The number of nitrogens with one attached hydrogen (secondary N) is 1. The van der Waals surface area contributed by atoms with E-state index in [1.165, 1.54) is 6.07 Å². The molecule has 1 amide bonds. The molecule has 1 aromatic carbocycles. The fraction of sp³-hybridized carbons (Fsp3) is 0.389. The minimum Gasteiger partial charge on any atom is -0.355 e. The molecule has 1 aromatic heterocycles. The number of halogens is 1. The molecule has 0 unspecified atom stereocenters. The van der Waals surface area contributed by atoms with Gasteiger partial charge in [-0.3, -0.25) is 9.78 Å². The van der Waals surface area contributed by atoms with Crippen LogP contribution in [0.1, 0.15) is 18.4 Å². The van der Waals surface area contributed by atoms with Crippen LogP contribution < -0.4 is 10.2 Å². The van der Waals surface area contributed by atoms with Crippen LogP contribution in [0.15, 0.2) is 42.9 Å². The number of piperidine rings is 1. The molecule has 1 aliphatic heterocycles. The van der Waals surface area contributed by atoms with Crippen molar-refractivity contribution < 1.29 is 9.18 Å². The van der Waals surface area contributed by atoms with Crippen LogP contribution in [0.25, 0.3) is 0 Å². The molecule has 2 heterocycles. The van der Waals surface area contributed by atoms with Crippen molar-refractivity contribution in [2.45, 2.75) is 19.3 Å². The monoisotopic (exact) mass is 328 g/mol. The average molecular weight is 328 g/mol. The highest BCUT2D eigenvalue weighted by molar-refractivity contribution is 5.79. The van der Waals surface area contributed by atoms with E-state index in [0.717, 1.165) is 25.2 Å². The molecule has 1 atom stereocenters. The van der Waals surface area contributed by atoms with Gasteiger partial charge in [-0.15, -0.1) is 0 Å². The van der Waals surface area contributed by atoms with Crippen LogP contribution in [0.2, 0.25) is 0 Å². The molecule has 1 saturated heterocycles. The first kappa shape index (κ1) is 16.4. The molecule has 5 nitrogen and oxygen atoms in total. The molecule has 6 heteroatoms. The van der Waals surface area contributed by atoms with E-state index in [2.05, 4.69) is 20.2 Å². The van der Waals surface area contributed by atoms with E-state index in [4.69, 9.17) is 0 Å². The van der Waals surface area contributed by atoms with E-state index in [9.17, 15) is 9.18 Å². The first-order chi connectivity index (χ1) is 11.7. The molecule has 0 bridgehead atoms. The number of hydrogen-bond donors (Lipinski definition) is 1. The zero-order chi connectivity index (χ0) is 16.8. The Kier molecular flexibility index (Phi) is 5.36. The summed E-state index contributed by atoms with van der Waals surface area (Å²) in [5.74, 6) is 0.543. The number of rotatable bonds is 5. The molecule has 1 fully saturated rings. The van der Waals surface area contributed by atoms with E-state index < -0.39 is 0 Å². The molecule has 2 aromatic rings. The second-order valence-corrected chi connectivity index (χ2v) is 5.98. The lowest BCUT2D eigenvalue weighted by atomic mass is 9.97. The minimum atomic E-state index is -0.224. The van der Waals surface area contributed by atoms with Gasteiger partial charge in [0.1, 0.15) is 11.6 Å². The van der Waals surface area contributed by atoms with Crippen molar-refractivity contribution >= 4 is 11.7 Å². The quantitative estimate of drug-likeness (QED) is 0.914. The lowest BCUT2D eigenvalue weighted by Crippen LogP contribution is -2.43. The molecule has 1 aliphatic rings. The summed E-state index contributed by atoms with van der Waals surface area (Å²) in [6.45, 7) is 1.98. The van der Waals surface area contributed by atoms with Crippen LogP contribution in [0.4, 0.5) is 10.2 Å². The number of hydrogen-bond acceptors (Lipinski definition) is 4. The zero-order valence-electron chi connectivity index (χ0n) is 13.5. The van der Waals surface area contributed by atoms with Crippen LogP contribution in [0.5, 0.6) is 0 Å². The minimum absolute atomic E-state index is 0.0277. The maximum Gasteiger partial charge on any atom is 0.224 e. The number of nitrogens with zero attached hydrogens (tertiary/aromatic N) is 3. The predicted octanol–water partition coefficient (Wildman–Crippen LogP) is 2.19. The number of anilines is 1. The number of aromatic nitrogens is 2. The molecule has 0 saturated carbocycles. The summed E-state index contributed by atoms with van der Waals surface area (Å²) in [7, 11) is 0. The summed E-state index contributed by atoms with van der Waals surface area (Å²) in [4.78, 5) is 22.9. The Morgan fingerprint density at radius 2 is 2.21 bits per heavy atom. The van der Waals surface area contributed by atoms with Gasteiger partial charge < -0.3 is 10.2 Å². The van der Waals surface area contributed by atoms with Gasteiger partial charge in [-0.2, -0.15) is 0 Å². The Morgan fingerprint density at radius 3 is 3.00 bits per heavy atom. The van der Waals surface area contributed by atoms with Crippen LogP contribution in [0.3, 0.4) is 0 Å². The molecule has 0 spiro atoms. The highest BCUT2D eigenvalue weighted by Crippen LogP contribution is 2.21. The smallest absolute Gasteiger partial charge is 0.224 e. The SMILES string of the molecule is O=C(NCCc1ccccc1F)[C@@H]1CCCN(c2cnccn2)C1. The van der Waals surface area contributed by atoms with Crippen LogP contribution in [-0.2, 0) is 11.2 Å². The molecule has 24 heavy (non-hydrogen) atoms. The van der Waals surface area contributed by atoms with Crippen LogP contribution in [0, 0.1) is 11.7 Å². The van der Waals surface area contributed by atoms with Gasteiger partial charge in [0.2, 0.25) is 5.91 Å². The normalized spacial score (nSPS) is 17.5. The Hall–Kier alpha value is -2.50. The molecule has 0 aliphatic carbocycles. The topological polar surface area (TPSA) is 58.1 Å². The molecule has 0 radical (unpaired) electrons. The van der Waals surface area contributed by atoms with Crippen LogP contribution in [-0.4, -0.2) is 35.5 Å². The summed E-state index contributed by atoms with van der Waals surface area (Å²) in [6, 6.07) is 6.66. The highest BCUT2D eigenvalue weighted by atomic mass is 19.1. The van der Waals surface area contributed by atoms with E-state index in [1.807, 2.05) is 0 Å². The number of carbonyl (C=O) groups excluding carboxylic acids is 1. The van der Waals surface area contributed by atoms with Crippen molar-refractivity contribution in [3.8, 4) is 0 Å². The third-order valence-corrected chi connectivity index (χ3v) is 4.32. The van der Waals surface area contributed by atoms with E-state index in [1.54, 1.807) is 36.8 Å². The van der Waals surface area contributed by atoms with Gasteiger partial charge in [0.05, 0.1) is 12.1 Å². The standard InChI is InChI=1S/C18H21FN4O/c19-16-6-2-1-4-14(16)7-8-22-18(24)15-5-3-11-23(13-15)17-12-20-9-10-21-17/h1-2,4,6,9-10,12,15H,3,5,7-8,11,13H2,(H,22,24)/t15-/m1/s1. The van der Waals surface area contributed by atoms with Crippen molar-refractivity contribution in [3.05, 3.63) is 54.2 Å². The van der Waals surface area contributed by atoms with Gasteiger partial charge in [-0.05, 0) is 30.9 Å². The fourth-order valence-electron chi connectivity index (χ4n) is 3.02. The first-order valence-electron chi connectivity index (χ1n) is 8.26. The van der Waals surface area contributed by atoms with Gasteiger partial charge in [0, 0.05) is 32.0 Å². The molecule has 126 valence electrons. The predicted molar refractivity (Wildman–Crippen MR) is 90.1 cm³/mol. The van der Waals surface area contributed by atoms with Crippen molar-refractivity contribution in [2.24, 2.45) is 5.92 Å². The van der Waals surface area contributed by atoms with Crippen molar-refractivity contribution in [1.29, 1.82) is 0 Å². The lowest BCUT2D eigenvalue weighted by Gasteiger charge is -2.32. The molecular formula is C18H21FN4O. The summed E-state index contributed by atoms with van der Waals surface area (Å²) in [5, 5.41) is 2.93. The lowest BCUT2D eigenvalue weighted by molar-refractivity contribution is -0.125. The van der Waals surface area contributed by atoms with Crippen molar-refractivity contribution in [1.82, 2.24) is 15.3 Å². The number of amides is 1. The van der Waals surface area contributed by atoms with Gasteiger partial charge in [-0.1, -0.05) is 18.2 Å². The second-order valence-electron chi connectivity index (χ2n) is 5.98. The van der Waals surface area contributed by atoms with Gasteiger partial charge in [-0.25, -0.2) is 9.37 Å². The largest absolute Gasteiger partial charge is 0.355 e. The highest BCUT2D eigenvalue weighted by Gasteiger charge is 2.26. The Morgan fingerprint density at radius 1 is 1.33 bits per heavy atom. The maximum absolute atomic E-state index is 13.6. The number of carbonyl (C=O) groups is 1. The molecule has 1 N–H and O–H groups in total. The third kappa shape index (κ3) is 4.07.